The lowest BCUT2D eigenvalue weighted by Gasteiger charge is -2.16. The molecule has 0 amide bonds. The van der Waals surface area contributed by atoms with Crippen molar-refractivity contribution in [1.82, 2.24) is 0 Å². The first-order valence-corrected chi connectivity index (χ1v) is 7.48. The molecule has 0 N–H and O–H groups in total. The normalized spacial score (nSPS) is 12.4. The predicted molar refractivity (Wildman–Crippen MR) is 83.9 cm³/mol. The van der Waals surface area contributed by atoms with Crippen LogP contribution in [0.15, 0.2) is 42.5 Å². The molecule has 0 saturated carbocycles. The van der Waals surface area contributed by atoms with Crippen LogP contribution < -0.4 is 0 Å². The van der Waals surface area contributed by atoms with Crippen molar-refractivity contribution in [3.8, 4) is 0 Å². The number of aryl methyl sites for hydroxylation is 2. The molecule has 2 heteroatoms. The van der Waals surface area contributed by atoms with Crippen LogP contribution >= 0.6 is 11.6 Å². The lowest BCUT2D eigenvalue weighted by Crippen LogP contribution is -2.11. The minimum absolute atomic E-state index is 0.172. The summed E-state index contributed by atoms with van der Waals surface area (Å²) in [5.41, 5.74) is 4.74. The fraction of sp³-hybridized carbons (Fsp3) is 0.333. The second-order valence-corrected chi connectivity index (χ2v) is 5.79. The first-order valence-electron chi connectivity index (χ1n) is 6.95. The van der Waals surface area contributed by atoms with Crippen molar-refractivity contribution in [3.05, 3.63) is 70.5 Å². The van der Waals surface area contributed by atoms with Gasteiger partial charge < -0.3 is 0 Å². The molecule has 0 nitrogen and oxygen atoms in total. The van der Waals surface area contributed by atoms with Crippen molar-refractivity contribution in [1.29, 1.82) is 0 Å². The van der Waals surface area contributed by atoms with Crippen LogP contribution in [0.2, 0.25) is 0 Å². The van der Waals surface area contributed by atoms with Crippen molar-refractivity contribution in [2.45, 2.75) is 26.7 Å². The maximum atomic E-state index is 13.3. The first kappa shape index (κ1) is 15.1. The molecule has 1 atom stereocenters. The Bertz CT molecular complexity index is 560. The van der Waals surface area contributed by atoms with Gasteiger partial charge in [0.25, 0.3) is 0 Å². The van der Waals surface area contributed by atoms with E-state index in [4.69, 9.17) is 11.6 Å². The van der Waals surface area contributed by atoms with Gasteiger partial charge in [0.1, 0.15) is 5.82 Å². The second-order valence-electron chi connectivity index (χ2n) is 5.48. The summed E-state index contributed by atoms with van der Waals surface area (Å²) >= 11 is 6.10. The summed E-state index contributed by atoms with van der Waals surface area (Å²) in [5, 5.41) is 0. The van der Waals surface area contributed by atoms with Crippen molar-refractivity contribution in [2.24, 2.45) is 5.92 Å². The third-order valence-corrected chi connectivity index (χ3v) is 4.12. The average Bonchev–Trinajstić information content (AvgIpc) is 2.44. The van der Waals surface area contributed by atoms with Crippen LogP contribution in [-0.4, -0.2) is 5.88 Å². The number of alkyl halides is 1. The molecule has 0 fully saturated rings. The molecule has 0 aliphatic carbocycles. The van der Waals surface area contributed by atoms with Crippen LogP contribution in [0.1, 0.15) is 22.3 Å². The molecule has 106 valence electrons. The Kier molecular flexibility index (Phi) is 5.19. The molecule has 2 aromatic rings. The zero-order valence-electron chi connectivity index (χ0n) is 12.0. The molecular weight excluding hydrogens is 271 g/mol. The minimum atomic E-state index is -0.172. The van der Waals surface area contributed by atoms with E-state index >= 15 is 0 Å². The molecule has 2 rings (SSSR count). The Morgan fingerprint density at radius 1 is 1.00 bits per heavy atom. The monoisotopic (exact) mass is 290 g/mol. The van der Waals surface area contributed by atoms with Gasteiger partial charge in [-0.2, -0.15) is 0 Å². The van der Waals surface area contributed by atoms with Gasteiger partial charge in [-0.15, -0.1) is 11.6 Å². The zero-order chi connectivity index (χ0) is 14.5. The third-order valence-electron chi connectivity index (χ3n) is 3.68. The summed E-state index contributed by atoms with van der Waals surface area (Å²) < 4.78 is 13.3. The van der Waals surface area contributed by atoms with Crippen LogP contribution in [0.4, 0.5) is 4.39 Å². The number of hydrogen-bond donors (Lipinski definition) is 0. The van der Waals surface area contributed by atoms with Crippen LogP contribution in [0.5, 0.6) is 0 Å². The van der Waals surface area contributed by atoms with Gasteiger partial charge in [-0.05, 0) is 61.4 Å². The highest BCUT2D eigenvalue weighted by molar-refractivity contribution is 6.18. The van der Waals surface area contributed by atoms with Gasteiger partial charge in [0.15, 0.2) is 0 Å². The molecule has 0 bridgehead atoms. The van der Waals surface area contributed by atoms with Gasteiger partial charge in [0.05, 0.1) is 0 Å². The summed E-state index contributed by atoms with van der Waals surface area (Å²) in [7, 11) is 0. The zero-order valence-corrected chi connectivity index (χ0v) is 12.8. The number of hydrogen-bond acceptors (Lipinski definition) is 0. The molecule has 0 radical (unpaired) electrons. The van der Waals surface area contributed by atoms with Gasteiger partial charge in [-0.1, -0.05) is 35.9 Å². The summed E-state index contributed by atoms with van der Waals surface area (Å²) in [6, 6.07) is 13.5. The summed E-state index contributed by atoms with van der Waals surface area (Å²) in [6.07, 6.45) is 1.75. The fourth-order valence-corrected chi connectivity index (χ4v) is 2.63. The molecule has 2 aromatic carbocycles. The minimum Gasteiger partial charge on any atom is -0.207 e. The second kappa shape index (κ2) is 6.90. The van der Waals surface area contributed by atoms with Crippen molar-refractivity contribution < 1.29 is 4.39 Å². The SMILES string of the molecule is Cc1ccc(CC(CCl)Cc2cc(F)ccc2C)cc1. The molecule has 0 heterocycles. The Balaban J connectivity index is 2.08. The van der Waals surface area contributed by atoms with E-state index in [1.807, 2.05) is 13.0 Å². The van der Waals surface area contributed by atoms with Crippen molar-refractivity contribution in [2.75, 3.05) is 5.88 Å². The van der Waals surface area contributed by atoms with Gasteiger partial charge in [0, 0.05) is 5.88 Å². The molecular formula is C18H20ClF. The van der Waals surface area contributed by atoms with Crippen LogP contribution in [-0.2, 0) is 12.8 Å². The van der Waals surface area contributed by atoms with Gasteiger partial charge in [0.2, 0.25) is 0 Å². The van der Waals surface area contributed by atoms with Crippen molar-refractivity contribution >= 4 is 11.6 Å². The fourth-order valence-electron chi connectivity index (χ4n) is 2.41. The number of halogens is 2. The summed E-state index contributed by atoms with van der Waals surface area (Å²) in [5.74, 6) is 0.748. The maximum Gasteiger partial charge on any atom is 0.123 e. The summed E-state index contributed by atoms with van der Waals surface area (Å²) in [6.45, 7) is 4.10. The van der Waals surface area contributed by atoms with E-state index in [9.17, 15) is 4.39 Å². The quantitative estimate of drug-likeness (QED) is 0.673. The van der Waals surface area contributed by atoms with E-state index in [1.54, 1.807) is 6.07 Å². The highest BCUT2D eigenvalue weighted by Gasteiger charge is 2.12. The highest BCUT2D eigenvalue weighted by Crippen LogP contribution is 2.20. The molecule has 0 spiro atoms. The van der Waals surface area contributed by atoms with Crippen molar-refractivity contribution in [3.63, 3.8) is 0 Å². The molecule has 20 heavy (non-hydrogen) atoms. The van der Waals surface area contributed by atoms with Gasteiger partial charge in [-0.25, -0.2) is 4.39 Å². The van der Waals surface area contributed by atoms with E-state index in [1.165, 1.54) is 17.2 Å². The van der Waals surface area contributed by atoms with E-state index in [0.717, 1.165) is 24.0 Å². The lowest BCUT2D eigenvalue weighted by molar-refractivity contribution is 0.574. The van der Waals surface area contributed by atoms with E-state index in [-0.39, 0.29) is 5.82 Å². The molecule has 0 aliphatic heterocycles. The maximum absolute atomic E-state index is 13.3. The molecule has 1 unspecified atom stereocenters. The Morgan fingerprint density at radius 2 is 1.70 bits per heavy atom. The molecule has 0 saturated heterocycles. The van der Waals surface area contributed by atoms with Gasteiger partial charge in [-0.3, -0.25) is 0 Å². The van der Waals surface area contributed by atoms with Crippen LogP contribution in [0.25, 0.3) is 0 Å². The Labute approximate surface area is 125 Å². The third kappa shape index (κ3) is 4.08. The van der Waals surface area contributed by atoms with Gasteiger partial charge >= 0.3 is 0 Å². The Morgan fingerprint density at radius 3 is 2.35 bits per heavy atom. The number of rotatable bonds is 5. The van der Waals surface area contributed by atoms with Crippen LogP contribution in [0, 0.1) is 25.6 Å². The lowest BCUT2D eigenvalue weighted by atomic mass is 9.92. The number of benzene rings is 2. The van der Waals surface area contributed by atoms with Crippen LogP contribution in [0.3, 0.4) is 0 Å². The first-order chi connectivity index (χ1) is 9.58. The standard InChI is InChI=1S/C18H20ClF/c1-13-3-6-15(7-4-13)9-16(12-19)10-17-11-18(20)8-5-14(17)2/h3-8,11,16H,9-10,12H2,1-2H3. The average molecular weight is 291 g/mol. The smallest absolute Gasteiger partial charge is 0.123 e. The molecule has 0 aliphatic rings. The predicted octanol–water partition coefficient (Wildman–Crippen LogP) is 5.08. The summed E-state index contributed by atoms with van der Waals surface area (Å²) in [4.78, 5) is 0. The largest absolute Gasteiger partial charge is 0.207 e. The van der Waals surface area contributed by atoms with E-state index < -0.39 is 0 Å². The highest BCUT2D eigenvalue weighted by atomic mass is 35.5. The topological polar surface area (TPSA) is 0 Å². The van der Waals surface area contributed by atoms with E-state index in [0.29, 0.717) is 11.8 Å². The Hall–Kier alpha value is -1.34. The molecule has 0 aromatic heterocycles. The van der Waals surface area contributed by atoms with E-state index in [2.05, 4.69) is 31.2 Å².